The number of nitrogens with zero attached hydrogens (tertiary/aromatic N) is 3. The van der Waals surface area contributed by atoms with Crippen molar-refractivity contribution in [2.75, 3.05) is 23.8 Å². The standard InChI is InChI=1S/C25H34N8O2.C2HF3O2/c1-16-14-18(35-13-5-12-27-23(34)25(26)10-11-25)8-9-19(16)31-24-32-21-20(28-15-29-21)22(33-24)30-17-6-3-2-4-7-17;3-2(4,5)1(6)7/h8-9,14-15,17H,2-7,10-13,26H2,1H3,(H,27,34)(H3,28,29,30,31,32,33);(H,6,7). The number of aryl methyl sites for hydroxylation is 1. The first-order valence-electron chi connectivity index (χ1n) is 13.8. The molecular formula is C27H35F3N8O4. The number of nitrogens with one attached hydrogen (secondary N) is 4. The Morgan fingerprint density at radius 3 is 2.55 bits per heavy atom. The number of carboxylic acid groups (broad SMARTS) is 1. The van der Waals surface area contributed by atoms with Gasteiger partial charge in [0.25, 0.3) is 0 Å². The number of rotatable bonds is 10. The summed E-state index contributed by atoms with van der Waals surface area (Å²) in [5.74, 6) is -0.749. The molecular weight excluding hydrogens is 557 g/mol. The summed E-state index contributed by atoms with van der Waals surface area (Å²) in [6.07, 6.45) is 4.94. The average molecular weight is 593 g/mol. The van der Waals surface area contributed by atoms with Gasteiger partial charge in [-0.1, -0.05) is 19.3 Å². The van der Waals surface area contributed by atoms with Crippen LogP contribution in [0.5, 0.6) is 5.75 Å². The monoisotopic (exact) mass is 592 g/mol. The van der Waals surface area contributed by atoms with Gasteiger partial charge in [0.15, 0.2) is 11.5 Å². The van der Waals surface area contributed by atoms with E-state index in [1.807, 2.05) is 25.1 Å². The van der Waals surface area contributed by atoms with Crippen molar-refractivity contribution in [1.29, 1.82) is 0 Å². The molecule has 12 nitrogen and oxygen atoms in total. The SMILES string of the molecule is Cc1cc(OCCCNC(=O)C2(N)CC2)ccc1Nc1nc(NC2CCCCC2)c2[nH]cnc2n1.O=C(O)C(F)(F)F. The van der Waals surface area contributed by atoms with Gasteiger partial charge in [0, 0.05) is 18.3 Å². The molecule has 2 saturated carbocycles. The molecule has 2 fully saturated rings. The Balaban J connectivity index is 0.000000517. The topological polar surface area (TPSA) is 180 Å². The van der Waals surface area contributed by atoms with Crippen LogP contribution in [0, 0.1) is 6.92 Å². The number of aromatic nitrogens is 4. The third kappa shape index (κ3) is 8.44. The van der Waals surface area contributed by atoms with Crippen molar-refractivity contribution in [2.45, 2.75) is 76.0 Å². The van der Waals surface area contributed by atoms with Crippen LogP contribution in [0.3, 0.4) is 0 Å². The molecule has 2 aliphatic rings. The van der Waals surface area contributed by atoms with Gasteiger partial charge in [-0.05, 0) is 62.8 Å². The molecule has 1 aromatic carbocycles. The first-order valence-corrected chi connectivity index (χ1v) is 13.8. The highest BCUT2D eigenvalue weighted by Gasteiger charge is 2.45. The zero-order valence-corrected chi connectivity index (χ0v) is 23.2. The van der Waals surface area contributed by atoms with E-state index in [1.165, 1.54) is 19.3 Å². The minimum atomic E-state index is -5.08. The first kappa shape index (κ1) is 30.8. The number of benzene rings is 1. The van der Waals surface area contributed by atoms with Crippen molar-refractivity contribution in [3.05, 3.63) is 30.1 Å². The summed E-state index contributed by atoms with van der Waals surface area (Å²) in [5, 5.41) is 16.9. The molecule has 5 rings (SSSR count). The van der Waals surface area contributed by atoms with Gasteiger partial charge >= 0.3 is 12.1 Å². The molecule has 0 aliphatic heterocycles. The Morgan fingerprint density at radius 1 is 1.19 bits per heavy atom. The molecule has 3 aromatic rings. The third-order valence-electron chi connectivity index (χ3n) is 7.03. The van der Waals surface area contributed by atoms with E-state index >= 15 is 0 Å². The van der Waals surface area contributed by atoms with E-state index < -0.39 is 17.7 Å². The number of halogens is 3. The number of nitrogens with two attached hydrogens (primary N) is 1. The smallest absolute Gasteiger partial charge is 0.490 e. The third-order valence-corrected chi connectivity index (χ3v) is 7.03. The maximum Gasteiger partial charge on any atom is 0.490 e. The van der Waals surface area contributed by atoms with Crippen LogP contribution in [-0.2, 0) is 9.59 Å². The Bertz CT molecular complexity index is 1390. The molecule has 0 unspecified atom stereocenters. The lowest BCUT2D eigenvalue weighted by Gasteiger charge is -2.23. The van der Waals surface area contributed by atoms with Gasteiger partial charge < -0.3 is 36.5 Å². The van der Waals surface area contributed by atoms with Gasteiger partial charge in [-0.3, -0.25) is 4.79 Å². The fraction of sp³-hybridized carbons (Fsp3) is 0.519. The zero-order valence-electron chi connectivity index (χ0n) is 23.2. The van der Waals surface area contributed by atoms with Crippen LogP contribution in [0.15, 0.2) is 24.5 Å². The number of carboxylic acids is 1. The number of fused-ring (bicyclic) bond motifs is 1. The second-order valence-electron chi connectivity index (χ2n) is 10.5. The molecule has 2 aromatic heterocycles. The number of amides is 1. The maximum absolute atomic E-state index is 11.9. The Morgan fingerprint density at radius 2 is 1.90 bits per heavy atom. The summed E-state index contributed by atoms with van der Waals surface area (Å²) in [4.78, 5) is 37.6. The van der Waals surface area contributed by atoms with Gasteiger partial charge in [-0.25, -0.2) is 9.78 Å². The van der Waals surface area contributed by atoms with Gasteiger partial charge in [-0.15, -0.1) is 0 Å². The summed E-state index contributed by atoms with van der Waals surface area (Å²) in [6, 6.07) is 6.29. The summed E-state index contributed by atoms with van der Waals surface area (Å²) in [7, 11) is 0. The van der Waals surface area contributed by atoms with Crippen molar-refractivity contribution in [1.82, 2.24) is 25.3 Å². The molecule has 1 amide bonds. The highest BCUT2D eigenvalue weighted by molar-refractivity contribution is 5.89. The Kier molecular flexibility index (Phi) is 9.70. The minimum absolute atomic E-state index is 0.0592. The second kappa shape index (κ2) is 13.2. The molecule has 7 N–H and O–H groups in total. The summed E-state index contributed by atoms with van der Waals surface area (Å²) >= 11 is 0. The molecule has 0 saturated heterocycles. The number of ether oxygens (including phenoxy) is 1. The number of aromatic amines is 1. The number of alkyl halides is 3. The first-order chi connectivity index (χ1) is 19.9. The second-order valence-corrected chi connectivity index (χ2v) is 10.5. The number of carbonyl (C=O) groups is 2. The van der Waals surface area contributed by atoms with Gasteiger partial charge in [0.1, 0.15) is 11.3 Å². The van der Waals surface area contributed by atoms with Crippen LogP contribution in [0.4, 0.5) is 30.6 Å². The summed E-state index contributed by atoms with van der Waals surface area (Å²) < 4.78 is 37.6. The quantitative estimate of drug-likeness (QED) is 0.187. The number of hydrogen-bond donors (Lipinski definition) is 6. The molecule has 2 aliphatic carbocycles. The van der Waals surface area contributed by atoms with E-state index in [-0.39, 0.29) is 5.91 Å². The lowest BCUT2D eigenvalue weighted by atomic mass is 9.95. The molecule has 2 heterocycles. The molecule has 0 bridgehead atoms. The van der Waals surface area contributed by atoms with Crippen molar-refractivity contribution >= 4 is 40.5 Å². The fourth-order valence-corrected chi connectivity index (χ4v) is 4.42. The number of hydrogen-bond acceptors (Lipinski definition) is 9. The molecule has 0 atom stereocenters. The maximum atomic E-state index is 11.9. The lowest BCUT2D eigenvalue weighted by molar-refractivity contribution is -0.192. The zero-order chi connectivity index (χ0) is 30.3. The van der Waals surface area contributed by atoms with Crippen LogP contribution in [-0.4, -0.2) is 67.8 Å². The van der Waals surface area contributed by atoms with E-state index in [9.17, 15) is 18.0 Å². The lowest BCUT2D eigenvalue weighted by Crippen LogP contribution is -2.43. The number of imidazole rings is 1. The van der Waals surface area contributed by atoms with Crippen LogP contribution in [0.1, 0.15) is 56.9 Å². The van der Waals surface area contributed by atoms with E-state index in [0.29, 0.717) is 30.8 Å². The van der Waals surface area contributed by atoms with Crippen molar-refractivity contribution in [2.24, 2.45) is 5.73 Å². The van der Waals surface area contributed by atoms with Crippen molar-refractivity contribution < 1.29 is 32.6 Å². The molecule has 42 heavy (non-hydrogen) atoms. The highest BCUT2D eigenvalue weighted by atomic mass is 19.4. The molecule has 0 spiro atoms. The molecule has 228 valence electrons. The van der Waals surface area contributed by atoms with Gasteiger partial charge in [0.2, 0.25) is 11.9 Å². The summed E-state index contributed by atoms with van der Waals surface area (Å²) in [6.45, 7) is 3.08. The Hall–Kier alpha value is -4.14. The number of H-pyrrole nitrogens is 1. The minimum Gasteiger partial charge on any atom is -0.494 e. The van der Waals surface area contributed by atoms with E-state index in [0.717, 1.165) is 60.4 Å². The predicted octanol–water partition coefficient (Wildman–Crippen LogP) is 4.16. The van der Waals surface area contributed by atoms with Crippen molar-refractivity contribution in [3.63, 3.8) is 0 Å². The average Bonchev–Trinajstić information content (AvgIpc) is 3.52. The predicted molar refractivity (Wildman–Crippen MR) is 150 cm³/mol. The van der Waals surface area contributed by atoms with Crippen LogP contribution in [0.25, 0.3) is 11.2 Å². The highest BCUT2D eigenvalue weighted by Crippen LogP contribution is 2.32. The van der Waals surface area contributed by atoms with Gasteiger partial charge in [-0.2, -0.15) is 23.1 Å². The van der Waals surface area contributed by atoms with E-state index in [1.54, 1.807) is 6.33 Å². The van der Waals surface area contributed by atoms with Crippen LogP contribution in [0.2, 0.25) is 0 Å². The number of aliphatic carboxylic acids is 1. The number of anilines is 3. The van der Waals surface area contributed by atoms with Gasteiger partial charge in [0.05, 0.1) is 18.5 Å². The van der Waals surface area contributed by atoms with E-state index in [4.69, 9.17) is 25.4 Å². The Labute approximate surface area is 240 Å². The van der Waals surface area contributed by atoms with Crippen LogP contribution >= 0.6 is 0 Å². The van der Waals surface area contributed by atoms with Crippen LogP contribution < -0.4 is 26.4 Å². The number of carbonyl (C=O) groups excluding carboxylic acids is 1. The van der Waals surface area contributed by atoms with Crippen molar-refractivity contribution in [3.8, 4) is 5.75 Å². The summed E-state index contributed by atoms with van der Waals surface area (Å²) in [5.41, 5.74) is 8.64. The fourth-order valence-electron chi connectivity index (χ4n) is 4.42. The molecule has 0 radical (unpaired) electrons. The normalized spacial score (nSPS) is 16.2. The van der Waals surface area contributed by atoms with E-state index in [2.05, 4.69) is 30.9 Å². The molecule has 15 heteroatoms. The largest absolute Gasteiger partial charge is 0.494 e.